The van der Waals surface area contributed by atoms with E-state index in [0.29, 0.717) is 17.5 Å². The van der Waals surface area contributed by atoms with Crippen LogP contribution in [0, 0.1) is 0 Å². The van der Waals surface area contributed by atoms with Crippen molar-refractivity contribution in [1.82, 2.24) is 19.5 Å². The Morgan fingerprint density at radius 2 is 0.981 bits per heavy atom. The van der Waals surface area contributed by atoms with Crippen molar-refractivity contribution < 1.29 is 0 Å². The second-order valence-electron chi connectivity index (χ2n) is 13.2. The molecule has 3 aromatic heterocycles. The first-order valence-electron chi connectivity index (χ1n) is 17.4. The van der Waals surface area contributed by atoms with Crippen LogP contribution in [0.5, 0.6) is 0 Å². The first-order valence-corrected chi connectivity index (χ1v) is 18.3. The van der Waals surface area contributed by atoms with Crippen LogP contribution in [0.1, 0.15) is 0 Å². The first kappa shape index (κ1) is 29.1. The molecule has 8 aromatic carbocycles. The van der Waals surface area contributed by atoms with Crippen LogP contribution in [0.15, 0.2) is 170 Å². The molecule has 0 fully saturated rings. The fourth-order valence-corrected chi connectivity index (χ4v) is 8.95. The van der Waals surface area contributed by atoms with E-state index < -0.39 is 0 Å². The smallest absolute Gasteiger partial charge is 0.166 e. The molecule has 0 bridgehead atoms. The summed E-state index contributed by atoms with van der Waals surface area (Å²) in [4.78, 5) is 15.8. The fraction of sp³-hybridized carbons (Fsp3) is 0. The number of rotatable bonds is 4. The third-order valence-corrected chi connectivity index (χ3v) is 11.4. The van der Waals surface area contributed by atoms with E-state index in [1.54, 1.807) is 11.3 Å². The zero-order chi connectivity index (χ0) is 34.2. The highest BCUT2D eigenvalue weighted by Gasteiger charge is 2.20. The predicted molar refractivity (Wildman–Crippen MR) is 218 cm³/mol. The van der Waals surface area contributed by atoms with Crippen LogP contribution in [-0.2, 0) is 0 Å². The van der Waals surface area contributed by atoms with Crippen LogP contribution in [-0.4, -0.2) is 19.5 Å². The normalized spacial score (nSPS) is 11.8. The van der Waals surface area contributed by atoms with Crippen LogP contribution >= 0.6 is 11.3 Å². The van der Waals surface area contributed by atoms with Gasteiger partial charge in [-0.2, -0.15) is 0 Å². The largest absolute Gasteiger partial charge is 0.308 e. The summed E-state index contributed by atoms with van der Waals surface area (Å²) in [5.41, 5.74) is 6.18. The van der Waals surface area contributed by atoms with E-state index in [4.69, 9.17) is 15.0 Å². The van der Waals surface area contributed by atoms with E-state index in [0.717, 1.165) is 44.2 Å². The molecule has 52 heavy (non-hydrogen) atoms. The van der Waals surface area contributed by atoms with Crippen molar-refractivity contribution in [2.24, 2.45) is 0 Å². The van der Waals surface area contributed by atoms with Gasteiger partial charge in [-0.1, -0.05) is 127 Å². The molecule has 0 atom stereocenters. The van der Waals surface area contributed by atoms with Crippen LogP contribution in [0.25, 0.3) is 103 Å². The van der Waals surface area contributed by atoms with Crippen LogP contribution in [0.3, 0.4) is 0 Å². The predicted octanol–water partition coefficient (Wildman–Crippen LogP) is 12.6. The summed E-state index contributed by atoms with van der Waals surface area (Å²) in [6.45, 7) is 0. The Hall–Kier alpha value is -6.69. The molecule has 5 heteroatoms. The Morgan fingerprint density at radius 1 is 0.365 bits per heavy atom. The van der Waals surface area contributed by atoms with Crippen molar-refractivity contribution in [2.45, 2.75) is 0 Å². The van der Waals surface area contributed by atoms with Crippen LogP contribution < -0.4 is 0 Å². The quantitative estimate of drug-likeness (QED) is 0.186. The van der Waals surface area contributed by atoms with Gasteiger partial charge in [0, 0.05) is 47.6 Å². The highest BCUT2D eigenvalue weighted by atomic mass is 32.1. The Kier molecular flexibility index (Phi) is 6.39. The van der Waals surface area contributed by atoms with Gasteiger partial charge in [-0.05, 0) is 64.0 Å². The summed E-state index contributed by atoms with van der Waals surface area (Å²) in [5.74, 6) is 1.93. The minimum absolute atomic E-state index is 0.631. The van der Waals surface area contributed by atoms with Gasteiger partial charge < -0.3 is 4.57 Å². The van der Waals surface area contributed by atoms with Crippen molar-refractivity contribution in [3.05, 3.63) is 170 Å². The maximum absolute atomic E-state index is 5.29. The summed E-state index contributed by atoms with van der Waals surface area (Å²) in [6.07, 6.45) is 0. The van der Waals surface area contributed by atoms with E-state index in [9.17, 15) is 0 Å². The Labute approximate surface area is 302 Å². The van der Waals surface area contributed by atoms with E-state index >= 15 is 0 Å². The molecule has 0 amide bonds. The third kappa shape index (κ3) is 4.50. The second kappa shape index (κ2) is 11.4. The number of thiophene rings is 1. The number of hydrogen-bond donors (Lipinski definition) is 0. The maximum Gasteiger partial charge on any atom is 0.166 e. The lowest BCUT2D eigenvalue weighted by atomic mass is 10.0. The van der Waals surface area contributed by atoms with Gasteiger partial charge in [-0.25, -0.2) is 15.0 Å². The number of benzene rings is 8. The highest BCUT2D eigenvalue weighted by Crippen LogP contribution is 2.40. The first-order chi connectivity index (χ1) is 25.8. The van der Waals surface area contributed by atoms with Gasteiger partial charge in [-0.3, -0.25) is 0 Å². The van der Waals surface area contributed by atoms with Gasteiger partial charge in [0.25, 0.3) is 0 Å². The average molecular weight is 681 g/mol. The Morgan fingerprint density at radius 3 is 1.87 bits per heavy atom. The molecule has 11 rings (SSSR count). The van der Waals surface area contributed by atoms with Crippen molar-refractivity contribution in [1.29, 1.82) is 0 Å². The monoisotopic (exact) mass is 680 g/mol. The lowest BCUT2D eigenvalue weighted by Gasteiger charge is -2.15. The molecule has 3 heterocycles. The van der Waals surface area contributed by atoms with E-state index in [1.807, 2.05) is 0 Å². The van der Waals surface area contributed by atoms with Crippen molar-refractivity contribution in [3.63, 3.8) is 0 Å². The van der Waals surface area contributed by atoms with Gasteiger partial charge in [0.2, 0.25) is 0 Å². The molecule has 0 saturated carbocycles. The molecule has 0 unspecified atom stereocenters. The van der Waals surface area contributed by atoms with E-state index in [2.05, 4.69) is 174 Å². The van der Waals surface area contributed by atoms with Crippen LogP contribution in [0.4, 0.5) is 0 Å². The summed E-state index contributed by atoms with van der Waals surface area (Å²) in [5, 5.41) is 9.63. The number of fused-ring (bicyclic) bond motifs is 8. The van der Waals surface area contributed by atoms with Crippen molar-refractivity contribution in [3.8, 4) is 39.9 Å². The molecule has 0 spiro atoms. The zero-order valence-electron chi connectivity index (χ0n) is 27.9. The fourth-order valence-electron chi connectivity index (χ4n) is 7.80. The molecule has 0 aliphatic carbocycles. The van der Waals surface area contributed by atoms with Crippen molar-refractivity contribution in [2.75, 3.05) is 0 Å². The number of hydrogen-bond acceptors (Lipinski definition) is 4. The average Bonchev–Trinajstić information content (AvgIpc) is 3.74. The molecule has 242 valence electrons. The van der Waals surface area contributed by atoms with Gasteiger partial charge in [0.1, 0.15) is 0 Å². The topological polar surface area (TPSA) is 43.6 Å². The summed E-state index contributed by atoms with van der Waals surface area (Å²) < 4.78 is 4.86. The van der Waals surface area contributed by atoms with Gasteiger partial charge in [0.15, 0.2) is 17.5 Å². The van der Waals surface area contributed by atoms with E-state index in [-0.39, 0.29) is 0 Å². The van der Waals surface area contributed by atoms with Gasteiger partial charge in [0.05, 0.1) is 16.7 Å². The summed E-state index contributed by atoms with van der Waals surface area (Å²) in [7, 11) is 0. The van der Waals surface area contributed by atoms with E-state index in [1.165, 1.54) is 41.7 Å². The Bertz CT molecular complexity index is 3200. The molecule has 0 saturated heterocycles. The number of aromatic nitrogens is 4. The SMILES string of the molecule is c1ccc(-n2c3ccccc3c3cc4ccccc4cc32)c(-c2nc(-c3ccc4c(c3)sc3ccccc34)nc(-c3cccc4ccccc34)n2)c1. The summed E-state index contributed by atoms with van der Waals surface area (Å²) in [6, 6.07) is 60.3. The molecule has 0 radical (unpaired) electrons. The molecule has 11 aromatic rings. The number of para-hydroxylation sites is 2. The summed E-state index contributed by atoms with van der Waals surface area (Å²) >= 11 is 1.80. The molecular formula is C47H28N4S. The zero-order valence-corrected chi connectivity index (χ0v) is 28.7. The standard InChI is InChI=1S/C47H28N4S/c1-2-14-31-27-42-39(26-30(31)13-1)34-17-5-8-21-40(34)51(42)41-22-9-6-19-38(41)47-49-45(32-24-25-36-35-18-7-10-23-43(35)52-44(36)28-32)48-46(50-47)37-20-11-15-29-12-3-4-16-33(29)37/h1-28H. The van der Waals surface area contributed by atoms with Gasteiger partial charge in [-0.15, -0.1) is 11.3 Å². The highest BCUT2D eigenvalue weighted by molar-refractivity contribution is 7.25. The molecule has 4 nitrogen and oxygen atoms in total. The second-order valence-corrected chi connectivity index (χ2v) is 14.3. The third-order valence-electron chi connectivity index (χ3n) is 10.2. The van der Waals surface area contributed by atoms with Crippen LogP contribution in [0.2, 0.25) is 0 Å². The molecule has 0 aliphatic heterocycles. The number of nitrogens with zero attached hydrogens (tertiary/aromatic N) is 4. The lowest BCUT2D eigenvalue weighted by molar-refractivity contribution is 1.07. The van der Waals surface area contributed by atoms with Gasteiger partial charge >= 0.3 is 0 Å². The lowest BCUT2D eigenvalue weighted by Crippen LogP contribution is -2.03. The molecule has 0 aliphatic rings. The molecule has 0 N–H and O–H groups in total. The maximum atomic E-state index is 5.29. The minimum atomic E-state index is 0.631. The van der Waals surface area contributed by atoms with Crippen molar-refractivity contribution >= 4 is 74.9 Å². The minimum Gasteiger partial charge on any atom is -0.308 e. The molecular weight excluding hydrogens is 653 g/mol. The Balaban J connectivity index is 1.19.